The summed E-state index contributed by atoms with van der Waals surface area (Å²) in [5.41, 5.74) is 2.67. The summed E-state index contributed by atoms with van der Waals surface area (Å²) >= 11 is 6.10. The second-order valence-corrected chi connectivity index (χ2v) is 5.33. The molecule has 0 atom stereocenters. The SMILES string of the molecule is Cc1ccc(NC(=O)/C=C/c2cc(Cl)c3c(c2)OCO3)cc1. The minimum absolute atomic E-state index is 0.163. The van der Waals surface area contributed by atoms with Gasteiger partial charge in [-0.25, -0.2) is 0 Å². The first-order valence-corrected chi connectivity index (χ1v) is 7.14. The van der Waals surface area contributed by atoms with E-state index in [0.29, 0.717) is 16.5 Å². The molecule has 3 rings (SSSR count). The van der Waals surface area contributed by atoms with Crippen molar-refractivity contribution in [2.75, 3.05) is 12.1 Å². The number of carbonyl (C=O) groups is 1. The van der Waals surface area contributed by atoms with Crippen LogP contribution in [0.2, 0.25) is 5.02 Å². The third kappa shape index (κ3) is 3.23. The second kappa shape index (κ2) is 6.12. The van der Waals surface area contributed by atoms with E-state index in [1.165, 1.54) is 6.08 Å². The average molecular weight is 316 g/mol. The number of halogens is 1. The molecule has 0 bridgehead atoms. The number of ether oxygens (including phenoxy) is 2. The zero-order valence-corrected chi connectivity index (χ0v) is 12.7. The standard InChI is InChI=1S/C17H14ClNO3/c1-11-2-5-13(6-3-11)19-16(20)7-4-12-8-14(18)17-15(9-12)21-10-22-17/h2-9H,10H2,1H3,(H,19,20)/b7-4+. The number of aryl methyl sites for hydroxylation is 1. The van der Waals surface area contributed by atoms with Gasteiger partial charge in [0, 0.05) is 11.8 Å². The summed E-state index contributed by atoms with van der Waals surface area (Å²) in [5, 5.41) is 3.26. The summed E-state index contributed by atoms with van der Waals surface area (Å²) < 4.78 is 10.5. The fraction of sp³-hybridized carbons (Fsp3) is 0.118. The van der Waals surface area contributed by atoms with Crippen molar-refractivity contribution in [1.82, 2.24) is 0 Å². The molecule has 0 unspecified atom stereocenters. The van der Waals surface area contributed by atoms with Crippen LogP contribution in [0.4, 0.5) is 5.69 Å². The largest absolute Gasteiger partial charge is 0.454 e. The predicted octanol–water partition coefficient (Wildman–Crippen LogP) is 4.03. The number of anilines is 1. The number of benzene rings is 2. The smallest absolute Gasteiger partial charge is 0.248 e. The molecule has 0 spiro atoms. The third-order valence-corrected chi connectivity index (χ3v) is 3.48. The number of nitrogens with one attached hydrogen (secondary N) is 1. The average Bonchev–Trinajstić information content (AvgIpc) is 2.97. The Hall–Kier alpha value is -2.46. The molecule has 1 amide bonds. The van der Waals surface area contributed by atoms with E-state index in [2.05, 4.69) is 5.32 Å². The Morgan fingerprint density at radius 2 is 2.00 bits per heavy atom. The van der Waals surface area contributed by atoms with E-state index in [1.54, 1.807) is 18.2 Å². The molecule has 1 aliphatic heterocycles. The van der Waals surface area contributed by atoms with Crippen LogP contribution in [0.1, 0.15) is 11.1 Å². The van der Waals surface area contributed by atoms with E-state index >= 15 is 0 Å². The first-order valence-electron chi connectivity index (χ1n) is 6.77. The summed E-state index contributed by atoms with van der Waals surface area (Å²) in [7, 11) is 0. The van der Waals surface area contributed by atoms with Crippen LogP contribution < -0.4 is 14.8 Å². The molecule has 0 aliphatic carbocycles. The highest BCUT2D eigenvalue weighted by atomic mass is 35.5. The molecule has 0 saturated heterocycles. The van der Waals surface area contributed by atoms with Gasteiger partial charge in [0.05, 0.1) is 5.02 Å². The Morgan fingerprint density at radius 1 is 1.23 bits per heavy atom. The second-order valence-electron chi connectivity index (χ2n) is 4.93. The van der Waals surface area contributed by atoms with Gasteiger partial charge in [-0.05, 0) is 42.8 Å². The van der Waals surface area contributed by atoms with Gasteiger partial charge in [-0.15, -0.1) is 0 Å². The zero-order chi connectivity index (χ0) is 15.5. The van der Waals surface area contributed by atoms with Crippen molar-refractivity contribution in [3.05, 3.63) is 58.6 Å². The normalized spacial score (nSPS) is 12.6. The molecule has 0 fully saturated rings. The molecule has 22 heavy (non-hydrogen) atoms. The van der Waals surface area contributed by atoms with Crippen molar-refractivity contribution in [2.24, 2.45) is 0 Å². The molecular weight excluding hydrogens is 302 g/mol. The highest BCUT2D eigenvalue weighted by Gasteiger charge is 2.17. The molecule has 1 aliphatic rings. The van der Waals surface area contributed by atoms with Crippen LogP contribution in [-0.2, 0) is 4.79 Å². The van der Waals surface area contributed by atoms with Crippen molar-refractivity contribution >= 4 is 29.3 Å². The van der Waals surface area contributed by atoms with Crippen LogP contribution in [0.25, 0.3) is 6.08 Å². The zero-order valence-electron chi connectivity index (χ0n) is 11.9. The Labute approximate surface area is 133 Å². The fourth-order valence-corrected chi connectivity index (χ4v) is 2.35. The molecule has 1 N–H and O–H groups in total. The summed E-state index contributed by atoms with van der Waals surface area (Å²) in [5.74, 6) is 0.923. The van der Waals surface area contributed by atoms with Crippen LogP contribution in [0.3, 0.4) is 0 Å². The van der Waals surface area contributed by atoms with Crippen molar-refractivity contribution in [2.45, 2.75) is 6.92 Å². The summed E-state index contributed by atoms with van der Waals surface area (Å²) in [6.07, 6.45) is 3.13. The molecule has 0 aromatic heterocycles. The lowest BCUT2D eigenvalue weighted by molar-refractivity contribution is -0.111. The fourth-order valence-electron chi connectivity index (χ4n) is 2.08. The molecule has 112 valence electrons. The van der Waals surface area contributed by atoms with E-state index in [1.807, 2.05) is 31.2 Å². The topological polar surface area (TPSA) is 47.6 Å². The Morgan fingerprint density at radius 3 is 2.77 bits per heavy atom. The minimum Gasteiger partial charge on any atom is -0.454 e. The van der Waals surface area contributed by atoms with E-state index in [0.717, 1.165) is 16.8 Å². The molecular formula is C17H14ClNO3. The van der Waals surface area contributed by atoms with Crippen molar-refractivity contribution in [3.63, 3.8) is 0 Å². The van der Waals surface area contributed by atoms with Gasteiger partial charge in [0.1, 0.15) is 0 Å². The molecule has 5 heteroatoms. The van der Waals surface area contributed by atoms with E-state index in [9.17, 15) is 4.79 Å². The number of fused-ring (bicyclic) bond motifs is 1. The third-order valence-electron chi connectivity index (χ3n) is 3.20. The lowest BCUT2D eigenvalue weighted by Crippen LogP contribution is -2.07. The maximum atomic E-state index is 11.9. The van der Waals surface area contributed by atoms with E-state index in [4.69, 9.17) is 21.1 Å². The van der Waals surface area contributed by atoms with Crippen molar-refractivity contribution in [1.29, 1.82) is 0 Å². The molecule has 2 aromatic rings. The van der Waals surface area contributed by atoms with Gasteiger partial charge in [0.25, 0.3) is 0 Å². The van der Waals surface area contributed by atoms with Crippen LogP contribution >= 0.6 is 11.6 Å². The van der Waals surface area contributed by atoms with Gasteiger partial charge in [0.2, 0.25) is 12.7 Å². The van der Waals surface area contributed by atoms with Gasteiger partial charge in [-0.1, -0.05) is 29.3 Å². The first kappa shape index (κ1) is 14.5. The van der Waals surface area contributed by atoms with Crippen LogP contribution in [0, 0.1) is 6.92 Å². The highest BCUT2D eigenvalue weighted by molar-refractivity contribution is 6.32. The van der Waals surface area contributed by atoms with Crippen LogP contribution in [0.15, 0.2) is 42.5 Å². The van der Waals surface area contributed by atoms with Crippen LogP contribution in [0.5, 0.6) is 11.5 Å². The number of amides is 1. The van der Waals surface area contributed by atoms with E-state index < -0.39 is 0 Å². The Kier molecular flexibility index (Phi) is 4.02. The quantitative estimate of drug-likeness (QED) is 0.870. The van der Waals surface area contributed by atoms with Crippen molar-refractivity contribution in [3.8, 4) is 11.5 Å². The Bertz CT molecular complexity index is 738. The van der Waals surface area contributed by atoms with E-state index in [-0.39, 0.29) is 12.7 Å². The first-order chi connectivity index (χ1) is 10.6. The van der Waals surface area contributed by atoms with Crippen LogP contribution in [-0.4, -0.2) is 12.7 Å². The summed E-state index contributed by atoms with van der Waals surface area (Å²) in [4.78, 5) is 11.9. The molecule has 1 heterocycles. The van der Waals surface area contributed by atoms with Gasteiger partial charge in [-0.2, -0.15) is 0 Å². The lowest BCUT2D eigenvalue weighted by atomic mass is 10.2. The molecule has 0 saturated carbocycles. The molecule has 0 radical (unpaired) electrons. The van der Waals surface area contributed by atoms with Crippen molar-refractivity contribution < 1.29 is 14.3 Å². The maximum Gasteiger partial charge on any atom is 0.248 e. The Balaban J connectivity index is 1.70. The predicted molar refractivity (Wildman–Crippen MR) is 86.4 cm³/mol. The number of carbonyl (C=O) groups excluding carboxylic acids is 1. The van der Waals surface area contributed by atoms with Gasteiger partial charge < -0.3 is 14.8 Å². The minimum atomic E-state index is -0.211. The number of rotatable bonds is 3. The lowest BCUT2D eigenvalue weighted by Gasteiger charge is -2.03. The number of hydrogen-bond donors (Lipinski definition) is 1. The monoisotopic (exact) mass is 315 g/mol. The highest BCUT2D eigenvalue weighted by Crippen LogP contribution is 2.40. The molecule has 4 nitrogen and oxygen atoms in total. The molecule has 2 aromatic carbocycles. The maximum absolute atomic E-state index is 11.9. The summed E-state index contributed by atoms with van der Waals surface area (Å²) in [6.45, 7) is 2.16. The van der Waals surface area contributed by atoms with Gasteiger partial charge >= 0.3 is 0 Å². The number of hydrogen-bond acceptors (Lipinski definition) is 3. The van der Waals surface area contributed by atoms with Gasteiger partial charge in [0.15, 0.2) is 11.5 Å². The van der Waals surface area contributed by atoms with Gasteiger partial charge in [-0.3, -0.25) is 4.79 Å². The summed E-state index contributed by atoms with van der Waals surface area (Å²) in [6, 6.07) is 11.1.